The lowest BCUT2D eigenvalue weighted by molar-refractivity contribution is -0.131. The summed E-state index contributed by atoms with van der Waals surface area (Å²) in [7, 11) is 0. The van der Waals surface area contributed by atoms with Crippen molar-refractivity contribution in [2.24, 2.45) is 0 Å². The largest absolute Gasteiger partial charge is 0.494 e. The van der Waals surface area contributed by atoms with Gasteiger partial charge in [-0.25, -0.2) is 0 Å². The lowest BCUT2D eigenvalue weighted by Crippen LogP contribution is -2.35. The van der Waals surface area contributed by atoms with Crippen LogP contribution in [-0.2, 0) is 4.79 Å². The molecule has 1 heterocycles. The summed E-state index contributed by atoms with van der Waals surface area (Å²) in [6.07, 6.45) is 4.77. The molecule has 2 rings (SSSR count). The molecule has 1 fully saturated rings. The van der Waals surface area contributed by atoms with Gasteiger partial charge >= 0.3 is 0 Å². The second kappa shape index (κ2) is 10.5. The number of ketones is 1. The molecule has 1 amide bonds. The summed E-state index contributed by atoms with van der Waals surface area (Å²) in [5, 5.41) is 0.585. The first-order valence-electron chi connectivity index (χ1n) is 9.23. The molecule has 1 saturated heterocycles. The van der Waals surface area contributed by atoms with E-state index >= 15 is 0 Å². The van der Waals surface area contributed by atoms with Crippen LogP contribution in [0.1, 0.15) is 56.3 Å². The van der Waals surface area contributed by atoms with E-state index in [9.17, 15) is 9.59 Å². The number of likely N-dealkylation sites (tertiary alicyclic amines) is 1. The molecule has 138 valence electrons. The van der Waals surface area contributed by atoms with Crippen LogP contribution in [0.15, 0.2) is 24.3 Å². The van der Waals surface area contributed by atoms with Gasteiger partial charge in [-0.3, -0.25) is 9.59 Å². The van der Waals surface area contributed by atoms with E-state index in [0.717, 1.165) is 25.3 Å². The predicted molar refractivity (Wildman–Crippen MR) is 104 cm³/mol. The van der Waals surface area contributed by atoms with E-state index in [1.807, 2.05) is 28.8 Å². The van der Waals surface area contributed by atoms with Crippen molar-refractivity contribution in [1.82, 2.24) is 4.90 Å². The zero-order valence-electron chi connectivity index (χ0n) is 15.3. The first-order chi connectivity index (χ1) is 12.1. The third-order valence-electron chi connectivity index (χ3n) is 4.43. The number of carbonyl (C=O) groups is 2. The summed E-state index contributed by atoms with van der Waals surface area (Å²) in [6.45, 7) is 6.00. The molecule has 0 bridgehead atoms. The third kappa shape index (κ3) is 6.73. The van der Waals surface area contributed by atoms with Crippen molar-refractivity contribution in [3.63, 3.8) is 0 Å². The van der Waals surface area contributed by atoms with Gasteiger partial charge in [-0.05, 0) is 44.1 Å². The fourth-order valence-electron chi connectivity index (χ4n) is 3.08. The number of rotatable bonds is 8. The van der Waals surface area contributed by atoms with E-state index in [1.54, 1.807) is 19.1 Å². The van der Waals surface area contributed by atoms with Crippen molar-refractivity contribution in [2.75, 3.05) is 25.4 Å². The predicted octanol–water partition coefficient (Wildman–Crippen LogP) is 4.18. The zero-order valence-corrected chi connectivity index (χ0v) is 16.1. The Balaban J connectivity index is 1.74. The zero-order chi connectivity index (χ0) is 18.1. The Morgan fingerprint density at radius 1 is 1.32 bits per heavy atom. The van der Waals surface area contributed by atoms with E-state index in [0.29, 0.717) is 36.0 Å². The van der Waals surface area contributed by atoms with Crippen LogP contribution in [0.3, 0.4) is 0 Å². The summed E-state index contributed by atoms with van der Waals surface area (Å²) in [5.74, 6) is 2.07. The number of amides is 1. The molecule has 0 saturated carbocycles. The fraction of sp³-hybridized carbons (Fsp3) is 0.600. The third-order valence-corrected chi connectivity index (χ3v) is 5.62. The summed E-state index contributed by atoms with van der Waals surface area (Å²) < 4.78 is 5.69. The molecule has 4 nitrogen and oxygen atoms in total. The Morgan fingerprint density at radius 2 is 2.16 bits per heavy atom. The molecular weight excluding hydrogens is 334 g/mol. The number of thioether (sulfide) groups is 1. The normalized spacial score (nSPS) is 17.8. The SMILES string of the molecule is CCSC1CCCCN(C(=O)CCCOc2cccc(C(C)=O)c2)C1. The molecule has 1 aromatic rings. The first kappa shape index (κ1) is 19.8. The van der Waals surface area contributed by atoms with Crippen molar-refractivity contribution in [1.29, 1.82) is 0 Å². The van der Waals surface area contributed by atoms with Gasteiger partial charge in [-0.15, -0.1) is 0 Å². The molecule has 1 aromatic carbocycles. The molecular formula is C20H29NO3S. The molecule has 0 radical (unpaired) electrons. The standard InChI is InChI=1S/C20H29NO3S/c1-3-25-19-10-4-5-12-21(15-19)20(23)11-7-13-24-18-9-6-8-17(14-18)16(2)22/h6,8-9,14,19H,3-5,7,10-13,15H2,1-2H3. The van der Waals surface area contributed by atoms with Crippen LogP contribution >= 0.6 is 11.8 Å². The van der Waals surface area contributed by atoms with Crippen molar-refractivity contribution >= 4 is 23.5 Å². The van der Waals surface area contributed by atoms with Gasteiger partial charge in [0.25, 0.3) is 0 Å². The monoisotopic (exact) mass is 363 g/mol. The van der Waals surface area contributed by atoms with Crippen molar-refractivity contribution in [2.45, 2.75) is 51.2 Å². The minimum Gasteiger partial charge on any atom is -0.494 e. The number of hydrogen-bond donors (Lipinski definition) is 0. The van der Waals surface area contributed by atoms with Gasteiger partial charge in [0.15, 0.2) is 5.78 Å². The maximum Gasteiger partial charge on any atom is 0.222 e. The van der Waals surface area contributed by atoms with Crippen LogP contribution in [-0.4, -0.2) is 47.3 Å². The van der Waals surface area contributed by atoms with Crippen LogP contribution in [0.4, 0.5) is 0 Å². The van der Waals surface area contributed by atoms with Crippen LogP contribution in [0.2, 0.25) is 0 Å². The maximum atomic E-state index is 12.5. The molecule has 1 aliphatic rings. The number of carbonyl (C=O) groups excluding carboxylic acids is 2. The van der Waals surface area contributed by atoms with Gasteiger partial charge in [-0.2, -0.15) is 11.8 Å². The molecule has 1 atom stereocenters. The minimum absolute atomic E-state index is 0.0290. The fourth-order valence-corrected chi connectivity index (χ4v) is 4.17. The smallest absolute Gasteiger partial charge is 0.222 e. The van der Waals surface area contributed by atoms with E-state index < -0.39 is 0 Å². The van der Waals surface area contributed by atoms with Crippen LogP contribution in [0.5, 0.6) is 5.75 Å². The molecule has 0 aliphatic carbocycles. The molecule has 0 aromatic heterocycles. The number of ether oxygens (including phenoxy) is 1. The van der Waals surface area contributed by atoms with Gasteiger partial charge in [0.05, 0.1) is 6.61 Å². The highest BCUT2D eigenvalue weighted by Gasteiger charge is 2.21. The number of nitrogens with zero attached hydrogens (tertiary/aromatic N) is 1. The molecule has 5 heteroatoms. The molecule has 1 unspecified atom stereocenters. The highest BCUT2D eigenvalue weighted by molar-refractivity contribution is 7.99. The van der Waals surface area contributed by atoms with Crippen LogP contribution in [0.25, 0.3) is 0 Å². The van der Waals surface area contributed by atoms with Gasteiger partial charge in [0.2, 0.25) is 5.91 Å². The summed E-state index contributed by atoms with van der Waals surface area (Å²) in [6, 6.07) is 7.20. The van der Waals surface area contributed by atoms with Gasteiger partial charge in [0.1, 0.15) is 5.75 Å². The molecule has 1 aliphatic heterocycles. The van der Waals surface area contributed by atoms with E-state index in [1.165, 1.54) is 12.8 Å². The summed E-state index contributed by atoms with van der Waals surface area (Å²) >= 11 is 1.97. The quantitative estimate of drug-likeness (QED) is 0.513. The maximum absolute atomic E-state index is 12.5. The second-order valence-electron chi connectivity index (χ2n) is 6.45. The topological polar surface area (TPSA) is 46.6 Å². The number of hydrogen-bond acceptors (Lipinski definition) is 4. The van der Waals surface area contributed by atoms with E-state index in [-0.39, 0.29) is 11.7 Å². The molecule has 0 N–H and O–H groups in total. The van der Waals surface area contributed by atoms with Crippen molar-refractivity contribution in [3.8, 4) is 5.75 Å². The Kier molecular flexibility index (Phi) is 8.32. The number of benzene rings is 1. The first-order valence-corrected chi connectivity index (χ1v) is 10.3. The summed E-state index contributed by atoms with van der Waals surface area (Å²) in [5.41, 5.74) is 0.651. The van der Waals surface area contributed by atoms with Crippen LogP contribution in [0, 0.1) is 0 Å². The van der Waals surface area contributed by atoms with Crippen molar-refractivity contribution < 1.29 is 14.3 Å². The Morgan fingerprint density at radius 3 is 2.92 bits per heavy atom. The average molecular weight is 364 g/mol. The lowest BCUT2D eigenvalue weighted by Gasteiger charge is -2.24. The minimum atomic E-state index is 0.0290. The Bertz CT molecular complexity index is 576. The van der Waals surface area contributed by atoms with Crippen molar-refractivity contribution in [3.05, 3.63) is 29.8 Å². The number of Topliss-reactive ketones (excluding diaryl/α,β-unsaturated/α-hetero) is 1. The van der Waals surface area contributed by atoms with Gasteiger partial charge < -0.3 is 9.64 Å². The average Bonchev–Trinajstić information content (AvgIpc) is 2.85. The Labute approximate surface area is 155 Å². The van der Waals surface area contributed by atoms with Gasteiger partial charge in [0, 0.05) is 30.3 Å². The van der Waals surface area contributed by atoms with Crippen LogP contribution < -0.4 is 4.74 Å². The molecule has 0 spiro atoms. The Hall–Kier alpha value is -1.49. The summed E-state index contributed by atoms with van der Waals surface area (Å²) in [4.78, 5) is 25.9. The van der Waals surface area contributed by atoms with E-state index in [4.69, 9.17) is 4.74 Å². The van der Waals surface area contributed by atoms with E-state index in [2.05, 4.69) is 6.92 Å². The second-order valence-corrected chi connectivity index (χ2v) is 8.03. The van der Waals surface area contributed by atoms with Gasteiger partial charge in [-0.1, -0.05) is 25.5 Å². The molecule has 25 heavy (non-hydrogen) atoms. The highest BCUT2D eigenvalue weighted by Crippen LogP contribution is 2.22. The highest BCUT2D eigenvalue weighted by atomic mass is 32.2. The lowest BCUT2D eigenvalue weighted by atomic mass is 10.1.